The van der Waals surface area contributed by atoms with E-state index in [2.05, 4.69) is 14.9 Å². The number of benzene rings is 1. The minimum Gasteiger partial charge on any atom is -0.266 e. The van der Waals surface area contributed by atoms with E-state index >= 15 is 0 Å². The zero-order chi connectivity index (χ0) is 14.8. The third kappa shape index (κ3) is 3.26. The van der Waals surface area contributed by atoms with Gasteiger partial charge >= 0.3 is 0 Å². The molecule has 5 nitrogen and oxygen atoms in total. The third-order valence-corrected chi connectivity index (χ3v) is 4.39. The third-order valence-electron chi connectivity index (χ3n) is 3.04. The lowest BCUT2D eigenvalue weighted by Crippen LogP contribution is -2.36. The van der Waals surface area contributed by atoms with Crippen LogP contribution in [0.2, 0.25) is 0 Å². The molecule has 0 radical (unpaired) electrons. The van der Waals surface area contributed by atoms with Crippen LogP contribution in [0.1, 0.15) is 32.4 Å². The number of aromatic amines is 1. The maximum absolute atomic E-state index is 12.3. The number of hydrogen-bond donors (Lipinski definition) is 2. The number of sulfonamides is 1. The summed E-state index contributed by atoms with van der Waals surface area (Å²) in [5.74, 6) is 0. The van der Waals surface area contributed by atoms with Crippen LogP contribution < -0.4 is 4.72 Å². The second kappa shape index (κ2) is 5.38. The second-order valence-corrected chi connectivity index (χ2v) is 7.43. The Balaban J connectivity index is 2.36. The summed E-state index contributed by atoms with van der Waals surface area (Å²) in [6.07, 6.45) is 1.42. The molecule has 1 heterocycles. The summed E-state index contributed by atoms with van der Waals surface area (Å²) in [5, 5.41) is 6.24. The molecule has 0 bridgehead atoms. The Labute approximate surface area is 119 Å². The number of H-pyrrole nitrogens is 1. The maximum Gasteiger partial charge on any atom is 0.258 e. The van der Waals surface area contributed by atoms with Crippen molar-refractivity contribution in [3.05, 3.63) is 48.2 Å². The quantitative estimate of drug-likeness (QED) is 0.909. The van der Waals surface area contributed by atoms with Gasteiger partial charge in [0.2, 0.25) is 0 Å². The zero-order valence-corrected chi connectivity index (χ0v) is 12.6. The minimum absolute atomic E-state index is 0.0719. The van der Waals surface area contributed by atoms with Crippen LogP contribution in [-0.4, -0.2) is 18.6 Å². The van der Waals surface area contributed by atoms with Crippen LogP contribution in [0.3, 0.4) is 0 Å². The van der Waals surface area contributed by atoms with Crippen LogP contribution in [0.25, 0.3) is 0 Å². The Morgan fingerprint density at radius 2 is 1.80 bits per heavy atom. The first-order chi connectivity index (χ1) is 9.31. The summed E-state index contributed by atoms with van der Waals surface area (Å²) >= 11 is 0. The molecule has 2 aromatic rings. The van der Waals surface area contributed by atoms with Gasteiger partial charge in [0, 0.05) is 0 Å². The Morgan fingerprint density at radius 1 is 1.15 bits per heavy atom. The molecule has 0 aliphatic rings. The standard InChI is InChI=1S/C14H19N3O2S/c1-14(2,3)13(11-7-5-4-6-8-11)17-20(18,19)12-9-10-15-16-12/h4-10,13,17H,1-3H3,(H,15,16). The summed E-state index contributed by atoms with van der Waals surface area (Å²) in [6.45, 7) is 6.00. The van der Waals surface area contributed by atoms with Crippen molar-refractivity contribution in [1.82, 2.24) is 14.9 Å². The summed E-state index contributed by atoms with van der Waals surface area (Å²) in [6, 6.07) is 10.7. The molecule has 0 fully saturated rings. The molecule has 108 valence electrons. The highest BCUT2D eigenvalue weighted by Gasteiger charge is 2.31. The molecule has 1 atom stereocenters. The van der Waals surface area contributed by atoms with Crippen molar-refractivity contribution in [3.63, 3.8) is 0 Å². The molecule has 1 aromatic carbocycles. The minimum atomic E-state index is -3.62. The molecule has 6 heteroatoms. The van der Waals surface area contributed by atoms with E-state index in [1.165, 1.54) is 12.3 Å². The largest absolute Gasteiger partial charge is 0.266 e. The van der Waals surface area contributed by atoms with Crippen molar-refractivity contribution in [2.45, 2.75) is 31.8 Å². The fourth-order valence-corrected chi connectivity index (χ4v) is 3.34. The van der Waals surface area contributed by atoms with Crippen LogP contribution in [-0.2, 0) is 10.0 Å². The van der Waals surface area contributed by atoms with Gasteiger partial charge in [-0.05, 0) is 17.0 Å². The van der Waals surface area contributed by atoms with E-state index in [4.69, 9.17) is 0 Å². The van der Waals surface area contributed by atoms with E-state index in [0.717, 1.165) is 5.56 Å². The average Bonchev–Trinajstić information content (AvgIpc) is 2.90. The SMILES string of the molecule is CC(C)(C)C(NS(=O)(=O)c1ccn[nH]1)c1ccccc1. The van der Waals surface area contributed by atoms with Gasteiger partial charge in [0.05, 0.1) is 12.2 Å². The van der Waals surface area contributed by atoms with E-state index in [-0.39, 0.29) is 16.5 Å². The highest BCUT2D eigenvalue weighted by atomic mass is 32.2. The van der Waals surface area contributed by atoms with Gasteiger partial charge in [-0.15, -0.1) is 0 Å². The molecule has 0 spiro atoms. The highest BCUT2D eigenvalue weighted by Crippen LogP contribution is 2.33. The molecule has 2 rings (SSSR count). The van der Waals surface area contributed by atoms with Crippen molar-refractivity contribution in [1.29, 1.82) is 0 Å². The van der Waals surface area contributed by atoms with Gasteiger partial charge in [-0.25, -0.2) is 13.1 Å². The second-order valence-electron chi connectivity index (χ2n) is 5.75. The Hall–Kier alpha value is -1.66. The van der Waals surface area contributed by atoms with Crippen molar-refractivity contribution in [3.8, 4) is 0 Å². The van der Waals surface area contributed by atoms with E-state index < -0.39 is 10.0 Å². The molecular formula is C14H19N3O2S. The van der Waals surface area contributed by atoms with Crippen LogP contribution >= 0.6 is 0 Å². The summed E-state index contributed by atoms with van der Waals surface area (Å²) in [5.41, 5.74) is 0.678. The van der Waals surface area contributed by atoms with Gasteiger partial charge in [0.1, 0.15) is 0 Å². The van der Waals surface area contributed by atoms with Gasteiger partial charge in [0.15, 0.2) is 5.03 Å². The monoisotopic (exact) mass is 293 g/mol. The number of hydrogen-bond acceptors (Lipinski definition) is 3. The zero-order valence-electron chi connectivity index (χ0n) is 11.8. The van der Waals surface area contributed by atoms with Crippen LogP contribution in [0, 0.1) is 5.41 Å². The molecule has 0 aliphatic carbocycles. The molecule has 0 aliphatic heterocycles. The summed E-state index contributed by atoms with van der Waals surface area (Å²) in [7, 11) is -3.62. The Bertz CT molecular complexity index is 643. The first-order valence-corrected chi connectivity index (χ1v) is 7.86. The van der Waals surface area contributed by atoms with Gasteiger partial charge < -0.3 is 0 Å². The number of nitrogens with one attached hydrogen (secondary N) is 2. The van der Waals surface area contributed by atoms with Crippen LogP contribution in [0.15, 0.2) is 47.6 Å². The van der Waals surface area contributed by atoms with E-state index in [0.29, 0.717) is 0 Å². The number of aromatic nitrogens is 2. The van der Waals surface area contributed by atoms with Gasteiger partial charge in [-0.1, -0.05) is 51.1 Å². The average molecular weight is 293 g/mol. The predicted octanol–water partition coefficient (Wildman–Crippen LogP) is 2.48. The van der Waals surface area contributed by atoms with E-state index in [1.54, 1.807) is 0 Å². The molecule has 1 unspecified atom stereocenters. The van der Waals surface area contributed by atoms with Crippen LogP contribution in [0.4, 0.5) is 0 Å². The van der Waals surface area contributed by atoms with Crippen molar-refractivity contribution < 1.29 is 8.42 Å². The summed E-state index contributed by atoms with van der Waals surface area (Å²) < 4.78 is 27.4. The normalized spacial score (nSPS) is 14.2. The molecule has 20 heavy (non-hydrogen) atoms. The predicted molar refractivity (Wildman–Crippen MR) is 77.5 cm³/mol. The van der Waals surface area contributed by atoms with Crippen molar-refractivity contribution in [2.24, 2.45) is 5.41 Å². The van der Waals surface area contributed by atoms with E-state index in [1.807, 2.05) is 51.1 Å². The van der Waals surface area contributed by atoms with Gasteiger partial charge in [-0.2, -0.15) is 5.10 Å². The topological polar surface area (TPSA) is 74.8 Å². The Morgan fingerprint density at radius 3 is 2.30 bits per heavy atom. The smallest absolute Gasteiger partial charge is 0.258 e. The molecule has 0 saturated heterocycles. The lowest BCUT2D eigenvalue weighted by Gasteiger charge is -2.31. The first-order valence-electron chi connectivity index (χ1n) is 6.37. The number of rotatable bonds is 4. The number of nitrogens with zero attached hydrogens (tertiary/aromatic N) is 1. The first kappa shape index (κ1) is 14.7. The van der Waals surface area contributed by atoms with Crippen LogP contribution in [0.5, 0.6) is 0 Å². The molecule has 2 N–H and O–H groups in total. The Kier molecular flexibility index (Phi) is 3.96. The van der Waals surface area contributed by atoms with Gasteiger partial charge in [-0.3, -0.25) is 5.10 Å². The van der Waals surface area contributed by atoms with Gasteiger partial charge in [0.25, 0.3) is 10.0 Å². The fourth-order valence-electron chi connectivity index (χ4n) is 2.00. The fraction of sp³-hybridized carbons (Fsp3) is 0.357. The molecular weight excluding hydrogens is 274 g/mol. The lowest BCUT2D eigenvalue weighted by atomic mass is 9.83. The molecule has 0 amide bonds. The summed E-state index contributed by atoms with van der Waals surface area (Å²) in [4.78, 5) is 0. The maximum atomic E-state index is 12.3. The highest BCUT2D eigenvalue weighted by molar-refractivity contribution is 7.89. The molecule has 1 aromatic heterocycles. The molecule has 0 saturated carbocycles. The van der Waals surface area contributed by atoms with Crippen molar-refractivity contribution >= 4 is 10.0 Å². The van der Waals surface area contributed by atoms with Crippen molar-refractivity contribution in [2.75, 3.05) is 0 Å². The van der Waals surface area contributed by atoms with E-state index in [9.17, 15) is 8.42 Å². The lowest BCUT2D eigenvalue weighted by molar-refractivity contribution is 0.304.